The van der Waals surface area contributed by atoms with Crippen molar-refractivity contribution in [3.05, 3.63) is 23.7 Å². The van der Waals surface area contributed by atoms with E-state index >= 15 is 0 Å². The van der Waals surface area contributed by atoms with E-state index in [4.69, 9.17) is 9.15 Å². The summed E-state index contributed by atoms with van der Waals surface area (Å²) in [6, 6.07) is 4.00. The van der Waals surface area contributed by atoms with Crippen molar-refractivity contribution in [2.24, 2.45) is 0 Å². The second kappa shape index (κ2) is 7.49. The summed E-state index contributed by atoms with van der Waals surface area (Å²) in [5.41, 5.74) is 0. The molecule has 0 amide bonds. The van der Waals surface area contributed by atoms with Crippen LogP contribution in [0.4, 0.5) is 0 Å². The first-order valence-electron chi connectivity index (χ1n) is 5.66. The molecule has 0 radical (unpaired) electrons. The van der Waals surface area contributed by atoms with Crippen LogP contribution in [0.15, 0.2) is 16.5 Å². The summed E-state index contributed by atoms with van der Waals surface area (Å²) in [7, 11) is 0. The van der Waals surface area contributed by atoms with Gasteiger partial charge in [-0.25, -0.2) is 0 Å². The quantitative estimate of drug-likeness (QED) is 0.671. The van der Waals surface area contributed by atoms with Crippen molar-refractivity contribution in [3.8, 4) is 0 Å². The Hall–Kier alpha value is -0.800. The van der Waals surface area contributed by atoms with Gasteiger partial charge in [0.15, 0.2) is 0 Å². The van der Waals surface area contributed by atoms with Crippen molar-refractivity contribution >= 4 is 0 Å². The van der Waals surface area contributed by atoms with Crippen LogP contribution in [0.25, 0.3) is 0 Å². The third-order valence-corrected chi connectivity index (χ3v) is 2.09. The average molecular weight is 211 g/mol. The highest BCUT2D eigenvalue weighted by molar-refractivity contribution is 5.04. The van der Waals surface area contributed by atoms with E-state index in [-0.39, 0.29) is 0 Å². The Labute approximate surface area is 91.8 Å². The Morgan fingerprint density at radius 1 is 1.33 bits per heavy atom. The van der Waals surface area contributed by atoms with Crippen LogP contribution in [-0.2, 0) is 11.3 Å². The molecule has 1 aromatic rings. The van der Waals surface area contributed by atoms with Gasteiger partial charge in [0.25, 0.3) is 0 Å². The number of nitrogens with one attached hydrogen (secondary N) is 1. The topological polar surface area (TPSA) is 34.4 Å². The van der Waals surface area contributed by atoms with Crippen molar-refractivity contribution in [1.82, 2.24) is 5.32 Å². The number of rotatable bonds is 8. The van der Waals surface area contributed by atoms with Crippen molar-refractivity contribution in [1.29, 1.82) is 0 Å². The van der Waals surface area contributed by atoms with Gasteiger partial charge in [0.2, 0.25) is 0 Å². The second-order valence-electron chi connectivity index (χ2n) is 3.66. The molecule has 0 aliphatic rings. The first kappa shape index (κ1) is 12.3. The van der Waals surface area contributed by atoms with Crippen LogP contribution in [0.1, 0.15) is 31.3 Å². The van der Waals surface area contributed by atoms with Gasteiger partial charge in [0.1, 0.15) is 11.5 Å². The lowest BCUT2D eigenvalue weighted by molar-refractivity contribution is 0.132. The van der Waals surface area contributed by atoms with E-state index in [0.717, 1.165) is 50.7 Å². The molecule has 15 heavy (non-hydrogen) atoms. The zero-order chi connectivity index (χ0) is 10.9. The molecule has 0 aromatic carbocycles. The molecule has 86 valence electrons. The molecule has 0 aliphatic carbocycles. The van der Waals surface area contributed by atoms with Crippen LogP contribution >= 0.6 is 0 Å². The van der Waals surface area contributed by atoms with Gasteiger partial charge in [-0.3, -0.25) is 0 Å². The fourth-order valence-corrected chi connectivity index (χ4v) is 1.34. The summed E-state index contributed by atoms with van der Waals surface area (Å²) in [5.74, 6) is 1.97. The Balaban J connectivity index is 1.93. The predicted octanol–water partition coefficient (Wildman–Crippen LogP) is 2.49. The van der Waals surface area contributed by atoms with Gasteiger partial charge in [0.05, 0.1) is 6.54 Å². The van der Waals surface area contributed by atoms with Crippen molar-refractivity contribution in [3.63, 3.8) is 0 Å². The summed E-state index contributed by atoms with van der Waals surface area (Å²) in [4.78, 5) is 0. The highest BCUT2D eigenvalue weighted by Crippen LogP contribution is 2.05. The molecule has 0 saturated heterocycles. The van der Waals surface area contributed by atoms with E-state index < -0.39 is 0 Å². The molecule has 0 atom stereocenters. The van der Waals surface area contributed by atoms with Crippen molar-refractivity contribution in [2.75, 3.05) is 19.8 Å². The predicted molar refractivity (Wildman–Crippen MR) is 60.9 cm³/mol. The first-order chi connectivity index (χ1) is 7.33. The van der Waals surface area contributed by atoms with Gasteiger partial charge in [-0.15, -0.1) is 0 Å². The van der Waals surface area contributed by atoms with Crippen LogP contribution in [-0.4, -0.2) is 19.8 Å². The van der Waals surface area contributed by atoms with E-state index in [1.165, 1.54) is 0 Å². The lowest BCUT2D eigenvalue weighted by atomic mass is 10.4. The summed E-state index contributed by atoms with van der Waals surface area (Å²) < 4.78 is 10.8. The number of hydrogen-bond donors (Lipinski definition) is 1. The van der Waals surface area contributed by atoms with E-state index in [2.05, 4.69) is 12.2 Å². The molecular weight excluding hydrogens is 190 g/mol. The number of ether oxygens (including phenoxy) is 1. The Bertz CT molecular complexity index is 258. The lowest BCUT2D eigenvalue weighted by Gasteiger charge is -2.03. The SMILES string of the molecule is CCCOCCCNCc1ccc(C)o1. The van der Waals surface area contributed by atoms with E-state index in [9.17, 15) is 0 Å². The molecule has 0 fully saturated rings. The minimum atomic E-state index is 0.807. The lowest BCUT2D eigenvalue weighted by Crippen LogP contribution is -2.16. The average Bonchev–Trinajstić information content (AvgIpc) is 2.63. The molecule has 1 aromatic heterocycles. The first-order valence-corrected chi connectivity index (χ1v) is 5.66. The van der Waals surface area contributed by atoms with Gasteiger partial charge in [-0.05, 0) is 38.4 Å². The largest absolute Gasteiger partial charge is 0.465 e. The molecule has 1 heterocycles. The van der Waals surface area contributed by atoms with Gasteiger partial charge in [-0.2, -0.15) is 0 Å². The van der Waals surface area contributed by atoms with Gasteiger partial charge in [-0.1, -0.05) is 6.92 Å². The van der Waals surface area contributed by atoms with Crippen LogP contribution in [0.2, 0.25) is 0 Å². The Morgan fingerprint density at radius 3 is 2.87 bits per heavy atom. The van der Waals surface area contributed by atoms with Crippen LogP contribution < -0.4 is 5.32 Å². The zero-order valence-electron chi connectivity index (χ0n) is 9.71. The summed E-state index contributed by atoms with van der Waals surface area (Å²) in [5, 5.41) is 3.32. The van der Waals surface area contributed by atoms with Gasteiger partial charge >= 0.3 is 0 Å². The number of hydrogen-bond acceptors (Lipinski definition) is 3. The number of furan rings is 1. The Kier molecular flexibility index (Phi) is 6.12. The van der Waals surface area contributed by atoms with E-state index in [1.807, 2.05) is 19.1 Å². The molecule has 0 aliphatic heterocycles. The minimum absolute atomic E-state index is 0.807. The second-order valence-corrected chi connectivity index (χ2v) is 3.66. The molecule has 1 rings (SSSR count). The van der Waals surface area contributed by atoms with Crippen LogP contribution in [0.3, 0.4) is 0 Å². The summed E-state index contributed by atoms with van der Waals surface area (Å²) >= 11 is 0. The van der Waals surface area contributed by atoms with E-state index in [0.29, 0.717) is 0 Å². The highest BCUT2D eigenvalue weighted by Gasteiger charge is 1.96. The fraction of sp³-hybridized carbons (Fsp3) is 0.667. The maximum Gasteiger partial charge on any atom is 0.117 e. The van der Waals surface area contributed by atoms with Crippen molar-refractivity contribution in [2.45, 2.75) is 33.2 Å². The molecule has 3 heteroatoms. The standard InChI is InChI=1S/C12H21NO2/c1-3-8-14-9-4-7-13-10-12-6-5-11(2)15-12/h5-6,13H,3-4,7-10H2,1-2H3. The minimum Gasteiger partial charge on any atom is -0.465 e. The smallest absolute Gasteiger partial charge is 0.117 e. The van der Waals surface area contributed by atoms with E-state index in [1.54, 1.807) is 0 Å². The molecule has 0 saturated carbocycles. The third-order valence-electron chi connectivity index (χ3n) is 2.09. The Morgan fingerprint density at radius 2 is 2.20 bits per heavy atom. The molecule has 0 unspecified atom stereocenters. The van der Waals surface area contributed by atoms with Gasteiger partial charge < -0.3 is 14.5 Å². The molecule has 1 N–H and O–H groups in total. The van der Waals surface area contributed by atoms with Gasteiger partial charge in [0, 0.05) is 13.2 Å². The normalized spacial score (nSPS) is 10.8. The summed E-state index contributed by atoms with van der Waals surface area (Å²) in [6.07, 6.45) is 2.15. The number of aryl methyl sites for hydroxylation is 1. The molecular formula is C12H21NO2. The van der Waals surface area contributed by atoms with Crippen molar-refractivity contribution < 1.29 is 9.15 Å². The fourth-order valence-electron chi connectivity index (χ4n) is 1.34. The molecule has 0 spiro atoms. The third kappa shape index (κ3) is 5.60. The molecule has 3 nitrogen and oxygen atoms in total. The summed E-state index contributed by atoms with van der Waals surface area (Å²) in [6.45, 7) is 7.58. The zero-order valence-corrected chi connectivity index (χ0v) is 9.71. The monoisotopic (exact) mass is 211 g/mol. The molecule has 0 bridgehead atoms. The van der Waals surface area contributed by atoms with Crippen LogP contribution in [0.5, 0.6) is 0 Å². The highest BCUT2D eigenvalue weighted by atomic mass is 16.5. The van der Waals surface area contributed by atoms with Crippen LogP contribution in [0, 0.1) is 6.92 Å². The maximum atomic E-state index is 5.43. The maximum absolute atomic E-state index is 5.43.